The van der Waals surface area contributed by atoms with Crippen molar-refractivity contribution in [2.75, 3.05) is 25.2 Å². The number of amides is 1. The molecule has 1 saturated heterocycles. The minimum Gasteiger partial charge on any atom is -0.497 e. The molecule has 0 N–H and O–H groups in total. The fourth-order valence-electron chi connectivity index (χ4n) is 4.19. The van der Waals surface area contributed by atoms with Crippen molar-refractivity contribution in [3.63, 3.8) is 0 Å². The number of ether oxygens (including phenoxy) is 4. The Morgan fingerprint density at radius 2 is 1.49 bits per heavy atom. The second-order valence-electron chi connectivity index (χ2n) is 9.10. The summed E-state index contributed by atoms with van der Waals surface area (Å²) in [5.41, 5.74) is 0.896. The van der Waals surface area contributed by atoms with Crippen LogP contribution in [0, 0.1) is 5.92 Å². The Bertz CT molecular complexity index is 1530. The smallest absolute Gasteiger partial charge is 0.379 e. The molecule has 41 heavy (non-hydrogen) atoms. The van der Waals surface area contributed by atoms with E-state index in [1.807, 2.05) is 0 Å². The molecule has 1 aliphatic heterocycles. The van der Waals surface area contributed by atoms with E-state index in [4.69, 9.17) is 23.4 Å². The Balaban J connectivity index is 1.10. The average Bonchev–Trinajstić information content (AvgIpc) is 3.68. The number of benzene rings is 3. The van der Waals surface area contributed by atoms with Crippen molar-refractivity contribution in [2.45, 2.75) is 6.42 Å². The quantitative estimate of drug-likeness (QED) is 0.150. The number of hydrogen-bond acceptors (Lipinski definition) is 9. The van der Waals surface area contributed by atoms with Crippen molar-refractivity contribution >= 4 is 29.3 Å². The van der Waals surface area contributed by atoms with Crippen molar-refractivity contribution in [3.05, 3.63) is 103 Å². The fourth-order valence-corrected chi connectivity index (χ4v) is 4.19. The van der Waals surface area contributed by atoms with Crippen LogP contribution in [-0.4, -0.2) is 43.9 Å². The van der Waals surface area contributed by atoms with Crippen LogP contribution in [0.15, 0.2) is 95.6 Å². The predicted molar refractivity (Wildman–Crippen MR) is 145 cm³/mol. The summed E-state index contributed by atoms with van der Waals surface area (Å²) in [7, 11) is 1.59. The highest BCUT2D eigenvalue weighted by Crippen LogP contribution is 2.30. The molecular weight excluding hydrogens is 530 g/mol. The van der Waals surface area contributed by atoms with Crippen LogP contribution in [0.2, 0.25) is 0 Å². The van der Waals surface area contributed by atoms with Crippen LogP contribution >= 0.6 is 0 Å². The van der Waals surface area contributed by atoms with Crippen LogP contribution in [0.4, 0.5) is 5.69 Å². The number of carbonyl (C=O) groups excluding carboxylic acids is 4. The van der Waals surface area contributed by atoms with Gasteiger partial charge >= 0.3 is 11.9 Å². The zero-order valence-electron chi connectivity index (χ0n) is 22.0. The number of methoxy groups -OCH3 is 1. The van der Waals surface area contributed by atoms with Gasteiger partial charge < -0.3 is 28.3 Å². The van der Waals surface area contributed by atoms with Gasteiger partial charge in [-0.3, -0.25) is 14.4 Å². The number of anilines is 1. The molecule has 1 fully saturated rings. The monoisotopic (exact) mass is 555 g/mol. The van der Waals surface area contributed by atoms with Gasteiger partial charge in [-0.1, -0.05) is 0 Å². The highest BCUT2D eigenvalue weighted by Gasteiger charge is 2.36. The number of ketones is 1. The summed E-state index contributed by atoms with van der Waals surface area (Å²) in [6, 6.07) is 23.0. The Labute approximate surface area is 235 Å². The summed E-state index contributed by atoms with van der Waals surface area (Å²) in [6.07, 6.45) is 1.34. The molecule has 2 heterocycles. The molecule has 10 nitrogen and oxygen atoms in total. The topological polar surface area (TPSA) is 122 Å². The van der Waals surface area contributed by atoms with Gasteiger partial charge in [-0.25, -0.2) is 4.79 Å². The molecule has 0 saturated carbocycles. The van der Waals surface area contributed by atoms with Crippen LogP contribution in [0.5, 0.6) is 23.0 Å². The molecule has 1 amide bonds. The lowest BCUT2D eigenvalue weighted by atomic mass is 10.1. The van der Waals surface area contributed by atoms with E-state index >= 15 is 0 Å². The Morgan fingerprint density at radius 1 is 0.854 bits per heavy atom. The van der Waals surface area contributed by atoms with Gasteiger partial charge in [-0.05, 0) is 84.9 Å². The molecule has 0 bridgehead atoms. The normalized spacial score (nSPS) is 14.4. The number of esters is 2. The molecule has 4 aromatic rings. The first kappa shape index (κ1) is 27.2. The largest absolute Gasteiger partial charge is 0.497 e. The van der Waals surface area contributed by atoms with Gasteiger partial charge in [0.1, 0.15) is 23.0 Å². The maximum absolute atomic E-state index is 12.6. The number of carbonyl (C=O) groups is 4. The van der Waals surface area contributed by atoms with Gasteiger partial charge in [0.15, 0.2) is 12.4 Å². The second-order valence-corrected chi connectivity index (χ2v) is 9.10. The van der Waals surface area contributed by atoms with Crippen LogP contribution in [-0.2, 0) is 14.3 Å². The first-order valence-corrected chi connectivity index (χ1v) is 12.7. The van der Waals surface area contributed by atoms with E-state index in [-0.39, 0.29) is 35.9 Å². The van der Waals surface area contributed by atoms with E-state index in [1.54, 1.807) is 61.7 Å². The summed E-state index contributed by atoms with van der Waals surface area (Å²) in [6.45, 7) is -0.341. The van der Waals surface area contributed by atoms with E-state index in [0.717, 1.165) is 5.75 Å². The highest BCUT2D eigenvalue weighted by molar-refractivity contribution is 6.01. The standard InChI is InChI=1S/C31H25NO9/c1-37-23-12-14-25(15-13-23)40-24-10-6-22(7-11-24)32-18-21(17-29(32)34)30(35)39-19-27(33)20-4-8-26(9-5-20)41-31(36)28-3-2-16-38-28/h2-16,21H,17-19H2,1H3/t21-/m1/s1. The van der Waals surface area contributed by atoms with Crippen LogP contribution in [0.25, 0.3) is 0 Å². The van der Waals surface area contributed by atoms with E-state index in [2.05, 4.69) is 0 Å². The molecule has 0 radical (unpaired) electrons. The molecule has 3 aromatic carbocycles. The molecule has 0 unspecified atom stereocenters. The van der Waals surface area contributed by atoms with Crippen molar-refractivity contribution in [2.24, 2.45) is 5.92 Å². The Hall–Kier alpha value is -5.38. The number of furan rings is 1. The van der Waals surface area contributed by atoms with E-state index in [0.29, 0.717) is 17.2 Å². The van der Waals surface area contributed by atoms with Crippen LogP contribution in [0.3, 0.4) is 0 Å². The fraction of sp³-hybridized carbons (Fsp3) is 0.161. The number of hydrogen-bond donors (Lipinski definition) is 0. The number of Topliss-reactive ketones (excluding diaryl/α,β-unsaturated/α-hetero) is 1. The van der Waals surface area contributed by atoms with Gasteiger partial charge in [-0.15, -0.1) is 0 Å². The summed E-state index contributed by atoms with van der Waals surface area (Å²) in [4.78, 5) is 51.3. The molecule has 1 atom stereocenters. The number of rotatable bonds is 10. The van der Waals surface area contributed by atoms with Gasteiger partial charge in [0, 0.05) is 24.2 Å². The molecule has 208 valence electrons. The zero-order chi connectivity index (χ0) is 28.8. The molecule has 1 aliphatic rings. The first-order chi connectivity index (χ1) is 19.9. The predicted octanol–water partition coefficient (Wildman–Crippen LogP) is 5.08. The zero-order valence-corrected chi connectivity index (χ0v) is 22.0. The van der Waals surface area contributed by atoms with Crippen molar-refractivity contribution in [3.8, 4) is 23.0 Å². The third kappa shape index (κ3) is 6.62. The molecular formula is C31H25NO9. The van der Waals surface area contributed by atoms with Crippen molar-refractivity contribution < 1.29 is 42.5 Å². The van der Waals surface area contributed by atoms with Crippen molar-refractivity contribution in [1.29, 1.82) is 0 Å². The molecule has 1 aromatic heterocycles. The maximum atomic E-state index is 12.6. The van der Waals surface area contributed by atoms with Gasteiger partial charge in [0.25, 0.3) is 0 Å². The lowest BCUT2D eigenvalue weighted by molar-refractivity contribution is -0.147. The van der Waals surface area contributed by atoms with Gasteiger partial charge in [0.05, 0.1) is 19.3 Å². The van der Waals surface area contributed by atoms with E-state index < -0.39 is 30.2 Å². The van der Waals surface area contributed by atoms with Gasteiger partial charge in [0.2, 0.25) is 11.7 Å². The average molecular weight is 556 g/mol. The Morgan fingerprint density at radius 3 is 2.12 bits per heavy atom. The molecule has 5 rings (SSSR count). The van der Waals surface area contributed by atoms with Crippen molar-refractivity contribution in [1.82, 2.24) is 0 Å². The molecule has 0 aliphatic carbocycles. The summed E-state index contributed by atoms with van der Waals surface area (Å²) < 4.78 is 26.4. The SMILES string of the molecule is COc1ccc(Oc2ccc(N3C[C@H](C(=O)OCC(=O)c4ccc(OC(=O)c5ccco5)cc4)CC3=O)cc2)cc1. The van der Waals surface area contributed by atoms with Crippen LogP contribution in [0.1, 0.15) is 27.3 Å². The lowest BCUT2D eigenvalue weighted by Gasteiger charge is -2.17. The first-order valence-electron chi connectivity index (χ1n) is 12.7. The molecule has 0 spiro atoms. The minimum atomic E-state index is -0.700. The van der Waals surface area contributed by atoms with E-state index in [9.17, 15) is 19.2 Å². The van der Waals surface area contributed by atoms with E-state index in [1.165, 1.54) is 41.5 Å². The lowest BCUT2D eigenvalue weighted by Crippen LogP contribution is -2.27. The summed E-state index contributed by atoms with van der Waals surface area (Å²) in [5, 5.41) is 0. The third-order valence-corrected chi connectivity index (χ3v) is 6.36. The third-order valence-electron chi connectivity index (χ3n) is 6.36. The maximum Gasteiger partial charge on any atom is 0.379 e. The molecule has 10 heteroatoms. The highest BCUT2D eigenvalue weighted by atomic mass is 16.5. The van der Waals surface area contributed by atoms with Crippen LogP contribution < -0.4 is 19.1 Å². The summed E-state index contributed by atoms with van der Waals surface area (Å²) in [5.74, 6) is -0.425. The number of nitrogens with zero attached hydrogens (tertiary/aromatic N) is 1. The second kappa shape index (κ2) is 12.2. The minimum absolute atomic E-state index is 0.0210. The Kier molecular flexibility index (Phi) is 8.10. The van der Waals surface area contributed by atoms with Gasteiger partial charge in [-0.2, -0.15) is 0 Å². The summed E-state index contributed by atoms with van der Waals surface area (Å²) >= 11 is 0.